The maximum absolute atomic E-state index is 14.2. The maximum Gasteiger partial charge on any atom is 0.407 e. The number of aliphatic hydroxyl groups is 1. The standard InChI is InChI=1S/C88H142N8O30/c1-66(2)81(86(105)92-67(3)82(101)93-69-23-22-68(63-97)74(62-69)83(102)91-28-29-109-34-35-112-40-41-115-46-47-118-50-48-116-44-42-113-38-36-110-32-30-107-7)96-85(104)77(24-25-80(100)126-88(4,5)6)94-78(98)21-15-27-90-84(103)76(95-87(106)125-64-75-72-18-11-9-16-70(72)71-17-10-12-19-73(71)75)20-13-14-26-89-79(99)65-124-61-60-123-59-58-122-57-56-121-55-54-120-53-52-119-51-49-117-45-43-114-39-37-111-33-31-108-8/h9-12,16-19,22-23,62,66-67,75-77,81,97H,13-15,20-21,24-61,63-65H2,1-8H3,(H,89,99)(H,90,103)(H,91,102)(H,92,105)(H,93,101)(H,94,98)(H,95,106)(H,96,104)/t67-,76-,77-,81-/m0/s1. The molecule has 4 rings (SSSR count). The number of esters is 1. The number of alkyl carbamates (subject to hydrolysis) is 1. The minimum Gasteiger partial charge on any atom is -0.460 e. The Bertz CT molecular complexity index is 3420. The number of hydrogen-bond donors (Lipinski definition) is 9. The summed E-state index contributed by atoms with van der Waals surface area (Å²) < 4.78 is 109. The van der Waals surface area contributed by atoms with Crippen LogP contribution in [-0.4, -0.2) is 353 Å². The first-order valence-corrected chi connectivity index (χ1v) is 43.5. The molecule has 0 bridgehead atoms. The van der Waals surface area contributed by atoms with Gasteiger partial charge in [-0.15, -0.1) is 0 Å². The van der Waals surface area contributed by atoms with Crippen molar-refractivity contribution >= 4 is 59.1 Å². The van der Waals surface area contributed by atoms with Crippen molar-refractivity contribution in [2.45, 2.75) is 129 Å². The first kappa shape index (κ1) is 110. The molecular weight excluding hydrogens is 1650 g/mol. The summed E-state index contributed by atoms with van der Waals surface area (Å²) in [5.74, 6) is -5.81. The Morgan fingerprint density at radius 3 is 1.28 bits per heavy atom. The summed E-state index contributed by atoms with van der Waals surface area (Å²) in [6, 6.07) is 15.2. The van der Waals surface area contributed by atoms with Gasteiger partial charge in [0.15, 0.2) is 0 Å². The number of unbranched alkanes of at least 4 members (excludes halogenated alkanes) is 1. The molecule has 38 nitrogen and oxygen atoms in total. The fourth-order valence-electron chi connectivity index (χ4n) is 12.0. The third-order valence-electron chi connectivity index (χ3n) is 18.4. The third-order valence-corrected chi connectivity index (χ3v) is 18.4. The number of fused-ring (bicyclic) bond motifs is 3. The number of hydrogen-bond acceptors (Lipinski definition) is 30. The molecule has 8 amide bonds. The molecule has 0 unspecified atom stereocenters. The lowest BCUT2D eigenvalue weighted by Gasteiger charge is -2.27. The van der Waals surface area contributed by atoms with E-state index in [-0.39, 0.29) is 120 Å². The van der Waals surface area contributed by atoms with Crippen LogP contribution < -0.4 is 42.5 Å². The number of carbonyl (C=O) groups excluding carboxylic acids is 9. The van der Waals surface area contributed by atoms with Gasteiger partial charge in [-0.3, -0.25) is 38.4 Å². The van der Waals surface area contributed by atoms with Gasteiger partial charge in [-0.05, 0) is 106 Å². The zero-order chi connectivity index (χ0) is 91.3. The van der Waals surface area contributed by atoms with E-state index in [9.17, 15) is 48.3 Å². The Labute approximate surface area is 741 Å². The zero-order valence-electron chi connectivity index (χ0n) is 75.1. The van der Waals surface area contributed by atoms with Crippen LogP contribution in [0.15, 0.2) is 66.7 Å². The molecule has 0 fully saturated rings. The number of carbonyl (C=O) groups is 9. The zero-order valence-corrected chi connectivity index (χ0v) is 75.1. The molecule has 0 spiro atoms. The fraction of sp³-hybridized carbons (Fsp3) is 0.693. The summed E-state index contributed by atoms with van der Waals surface area (Å²) in [6.07, 6.45) is -0.559. The summed E-state index contributed by atoms with van der Waals surface area (Å²) in [5.41, 5.74) is 3.75. The highest BCUT2D eigenvalue weighted by molar-refractivity contribution is 6.01. The van der Waals surface area contributed by atoms with E-state index in [4.69, 9.17) is 94.7 Å². The van der Waals surface area contributed by atoms with E-state index in [1.807, 2.05) is 48.5 Å². The summed E-state index contributed by atoms with van der Waals surface area (Å²) in [4.78, 5) is 122. The summed E-state index contributed by atoms with van der Waals surface area (Å²) >= 11 is 0. The Kier molecular flexibility index (Phi) is 62.0. The van der Waals surface area contributed by atoms with E-state index in [1.54, 1.807) is 48.8 Å². The predicted octanol–water partition coefficient (Wildman–Crippen LogP) is 3.75. The number of amides is 8. The highest BCUT2D eigenvalue weighted by Crippen LogP contribution is 2.44. The topological polar surface area (TPSA) is 455 Å². The molecule has 126 heavy (non-hydrogen) atoms. The summed E-state index contributed by atoms with van der Waals surface area (Å²) in [5, 5.41) is 31.8. The fourth-order valence-corrected chi connectivity index (χ4v) is 12.0. The Hall–Kier alpha value is -8.07. The smallest absolute Gasteiger partial charge is 0.407 e. The van der Waals surface area contributed by atoms with E-state index in [1.165, 1.54) is 25.1 Å². The molecule has 0 saturated carbocycles. The average molecular weight is 1790 g/mol. The van der Waals surface area contributed by atoms with Crippen LogP contribution in [0.25, 0.3) is 11.1 Å². The van der Waals surface area contributed by atoms with Gasteiger partial charge in [0, 0.05) is 63.9 Å². The number of aliphatic hydroxyl groups excluding tert-OH is 1. The van der Waals surface area contributed by atoms with Gasteiger partial charge in [0.1, 0.15) is 43.0 Å². The maximum atomic E-state index is 14.2. The van der Waals surface area contributed by atoms with Gasteiger partial charge in [-0.1, -0.05) is 68.4 Å². The molecule has 0 radical (unpaired) electrons. The van der Waals surface area contributed by atoms with Crippen molar-refractivity contribution in [2.24, 2.45) is 5.92 Å². The van der Waals surface area contributed by atoms with E-state index < -0.39 is 89.8 Å². The van der Waals surface area contributed by atoms with Crippen LogP contribution in [0.1, 0.15) is 119 Å². The number of methoxy groups -OCH3 is 2. The number of benzene rings is 3. The molecule has 3 aromatic rings. The number of rotatable bonds is 79. The number of ether oxygens (including phenoxy) is 20. The van der Waals surface area contributed by atoms with Crippen molar-refractivity contribution in [3.05, 3.63) is 89.0 Å². The molecule has 1 aliphatic rings. The minimum atomic E-state index is -1.37. The van der Waals surface area contributed by atoms with Gasteiger partial charge < -0.3 is 142 Å². The molecule has 38 heteroatoms. The van der Waals surface area contributed by atoms with Gasteiger partial charge in [0.25, 0.3) is 5.91 Å². The lowest BCUT2D eigenvalue weighted by Crippen LogP contribution is -2.57. The summed E-state index contributed by atoms with van der Waals surface area (Å²) in [6.45, 7) is 23.0. The van der Waals surface area contributed by atoms with Crippen molar-refractivity contribution in [3.63, 3.8) is 0 Å². The van der Waals surface area contributed by atoms with Crippen LogP contribution in [0.5, 0.6) is 0 Å². The Morgan fingerprint density at radius 1 is 0.405 bits per heavy atom. The molecule has 0 aromatic heterocycles. The molecule has 714 valence electrons. The van der Waals surface area contributed by atoms with E-state index in [0.29, 0.717) is 204 Å². The monoisotopic (exact) mass is 1790 g/mol. The molecule has 0 saturated heterocycles. The second-order valence-electron chi connectivity index (χ2n) is 30.0. The first-order valence-electron chi connectivity index (χ1n) is 43.5. The molecule has 0 heterocycles. The molecule has 1 aliphatic carbocycles. The van der Waals surface area contributed by atoms with Crippen molar-refractivity contribution in [1.82, 2.24) is 37.2 Å². The van der Waals surface area contributed by atoms with Crippen LogP contribution in [0.2, 0.25) is 0 Å². The van der Waals surface area contributed by atoms with Crippen molar-refractivity contribution in [3.8, 4) is 11.1 Å². The minimum absolute atomic E-state index is 0.00821. The van der Waals surface area contributed by atoms with Gasteiger partial charge in [0.2, 0.25) is 35.4 Å². The Morgan fingerprint density at radius 2 is 0.833 bits per heavy atom. The van der Waals surface area contributed by atoms with Crippen molar-refractivity contribution in [2.75, 3.05) is 270 Å². The first-order chi connectivity index (χ1) is 61.2. The van der Waals surface area contributed by atoms with E-state index in [0.717, 1.165) is 22.3 Å². The summed E-state index contributed by atoms with van der Waals surface area (Å²) in [7, 11) is 3.25. The third kappa shape index (κ3) is 52.4. The highest BCUT2D eigenvalue weighted by atomic mass is 16.6. The van der Waals surface area contributed by atoms with E-state index >= 15 is 0 Å². The Balaban J connectivity index is 1.17. The van der Waals surface area contributed by atoms with Gasteiger partial charge in [-0.2, -0.15) is 0 Å². The van der Waals surface area contributed by atoms with Crippen LogP contribution in [0, 0.1) is 5.92 Å². The molecular formula is C88H142N8O30. The van der Waals surface area contributed by atoms with Crippen molar-refractivity contribution in [1.29, 1.82) is 0 Å². The molecule has 4 atom stereocenters. The molecule has 9 N–H and O–H groups in total. The van der Waals surface area contributed by atoms with Crippen LogP contribution >= 0.6 is 0 Å². The van der Waals surface area contributed by atoms with Crippen molar-refractivity contribution < 1.29 is 143 Å². The SMILES string of the molecule is COCCOCCOCCOCCOCCOCCOCCOCCNC(=O)c1cc(NC(=O)[C@H](C)NC(=O)[C@@H](NC(=O)[C@H](CCC(=O)OC(C)(C)C)NC(=O)CCCNC(=O)[C@H](CCCCNC(=O)COCCOCCOCCOCCOCCOCCOCCOCCOCCOC)NC(=O)OCC2c3ccccc3-c3ccccc32)C(C)C)ccc1CO. The van der Waals surface area contributed by atoms with E-state index in [2.05, 4.69) is 42.5 Å². The molecule has 3 aromatic carbocycles. The quantitative estimate of drug-likeness (QED) is 0.0287. The van der Waals surface area contributed by atoms with Gasteiger partial charge >= 0.3 is 12.1 Å². The van der Waals surface area contributed by atoms with Crippen LogP contribution in [0.3, 0.4) is 0 Å². The lowest BCUT2D eigenvalue weighted by atomic mass is 9.98. The average Bonchev–Trinajstić information content (AvgIpc) is 1.61. The highest BCUT2D eigenvalue weighted by Gasteiger charge is 2.33. The molecule has 0 aliphatic heterocycles. The predicted molar refractivity (Wildman–Crippen MR) is 463 cm³/mol. The second-order valence-corrected chi connectivity index (χ2v) is 30.0. The van der Waals surface area contributed by atoms with Crippen LogP contribution in [0.4, 0.5) is 10.5 Å². The largest absolute Gasteiger partial charge is 0.460 e. The van der Waals surface area contributed by atoms with Crippen LogP contribution in [-0.2, 0) is 135 Å². The van der Waals surface area contributed by atoms with Gasteiger partial charge in [0.05, 0.1) is 225 Å². The normalized spacial score (nSPS) is 12.8. The number of anilines is 1. The number of nitrogens with one attached hydrogen (secondary N) is 8. The van der Waals surface area contributed by atoms with Gasteiger partial charge in [-0.25, -0.2) is 4.79 Å². The lowest BCUT2D eigenvalue weighted by molar-refractivity contribution is -0.155. The second kappa shape index (κ2) is 70.9.